The molecule has 140 valence electrons. The molecule has 0 atom stereocenters. The standard InChI is InChI=1S/C17H24N6O3/c1-2-25-12-11-22-7-9-23(10-8-22)17(24)19-13-15-20-16(21-26-15)14-5-3-4-6-18-14/h3-6H,2,7-13H2,1H3,(H,19,24). The molecule has 2 amide bonds. The number of rotatable bonds is 7. The van der Waals surface area contributed by atoms with Crippen LogP contribution in [0, 0.1) is 0 Å². The number of piperazine rings is 1. The van der Waals surface area contributed by atoms with Gasteiger partial charge in [-0.25, -0.2) is 4.79 Å². The smallest absolute Gasteiger partial charge is 0.317 e. The minimum Gasteiger partial charge on any atom is -0.380 e. The van der Waals surface area contributed by atoms with Gasteiger partial charge in [0.1, 0.15) is 5.69 Å². The fourth-order valence-corrected chi connectivity index (χ4v) is 2.70. The molecular formula is C17H24N6O3. The van der Waals surface area contributed by atoms with E-state index in [-0.39, 0.29) is 12.6 Å². The summed E-state index contributed by atoms with van der Waals surface area (Å²) in [5, 5.41) is 6.72. The first kappa shape index (κ1) is 18.3. The van der Waals surface area contributed by atoms with E-state index in [0.29, 0.717) is 30.5 Å². The quantitative estimate of drug-likeness (QED) is 0.736. The third kappa shape index (κ3) is 4.99. The topological polar surface area (TPSA) is 96.6 Å². The van der Waals surface area contributed by atoms with Crippen LogP contribution in [0.25, 0.3) is 11.5 Å². The summed E-state index contributed by atoms with van der Waals surface area (Å²) >= 11 is 0. The summed E-state index contributed by atoms with van der Waals surface area (Å²) in [5.74, 6) is 0.770. The summed E-state index contributed by atoms with van der Waals surface area (Å²) in [6.45, 7) is 7.66. The predicted molar refractivity (Wildman–Crippen MR) is 94.3 cm³/mol. The number of aromatic nitrogens is 3. The number of nitrogens with zero attached hydrogens (tertiary/aromatic N) is 5. The first-order valence-corrected chi connectivity index (χ1v) is 8.83. The summed E-state index contributed by atoms with van der Waals surface area (Å²) in [4.78, 5) is 24.8. The van der Waals surface area contributed by atoms with Gasteiger partial charge in [0.2, 0.25) is 11.7 Å². The number of hydrogen-bond donors (Lipinski definition) is 1. The molecule has 26 heavy (non-hydrogen) atoms. The van der Waals surface area contributed by atoms with E-state index in [2.05, 4.69) is 25.3 Å². The molecule has 0 saturated carbocycles. The molecular weight excluding hydrogens is 336 g/mol. The summed E-state index contributed by atoms with van der Waals surface area (Å²) in [6.07, 6.45) is 1.67. The number of nitrogens with one attached hydrogen (secondary N) is 1. The zero-order chi connectivity index (χ0) is 18.2. The van der Waals surface area contributed by atoms with E-state index in [1.54, 1.807) is 17.2 Å². The van der Waals surface area contributed by atoms with Gasteiger partial charge in [-0.15, -0.1) is 0 Å². The highest BCUT2D eigenvalue weighted by Gasteiger charge is 2.21. The maximum absolute atomic E-state index is 12.3. The second-order valence-corrected chi connectivity index (χ2v) is 5.91. The van der Waals surface area contributed by atoms with E-state index in [0.717, 1.165) is 32.8 Å². The molecule has 2 aromatic heterocycles. The maximum atomic E-state index is 12.3. The molecule has 0 aliphatic carbocycles. The van der Waals surface area contributed by atoms with Crippen LogP contribution in [0.1, 0.15) is 12.8 Å². The fourth-order valence-electron chi connectivity index (χ4n) is 2.70. The zero-order valence-corrected chi connectivity index (χ0v) is 14.9. The second-order valence-electron chi connectivity index (χ2n) is 5.91. The SMILES string of the molecule is CCOCCN1CCN(C(=O)NCc2nc(-c3ccccn3)no2)CC1. The third-order valence-electron chi connectivity index (χ3n) is 4.17. The van der Waals surface area contributed by atoms with E-state index >= 15 is 0 Å². The Hall–Kier alpha value is -2.52. The molecule has 9 heteroatoms. The molecule has 1 N–H and O–H groups in total. The minimum atomic E-state index is -0.118. The largest absolute Gasteiger partial charge is 0.380 e. The Balaban J connectivity index is 1.42. The fraction of sp³-hybridized carbons (Fsp3) is 0.529. The second kappa shape index (κ2) is 9.25. The van der Waals surface area contributed by atoms with Gasteiger partial charge >= 0.3 is 6.03 Å². The van der Waals surface area contributed by atoms with E-state index in [1.807, 2.05) is 19.1 Å². The van der Waals surface area contributed by atoms with Crippen LogP contribution in [-0.2, 0) is 11.3 Å². The maximum Gasteiger partial charge on any atom is 0.317 e. The highest BCUT2D eigenvalue weighted by Crippen LogP contribution is 2.11. The lowest BCUT2D eigenvalue weighted by atomic mass is 10.3. The average molecular weight is 360 g/mol. The molecule has 1 aliphatic rings. The van der Waals surface area contributed by atoms with Crippen molar-refractivity contribution in [1.82, 2.24) is 30.2 Å². The number of carbonyl (C=O) groups is 1. The molecule has 9 nitrogen and oxygen atoms in total. The van der Waals surface area contributed by atoms with Gasteiger partial charge in [-0.3, -0.25) is 9.88 Å². The van der Waals surface area contributed by atoms with Crippen LogP contribution < -0.4 is 5.32 Å². The van der Waals surface area contributed by atoms with Crippen LogP contribution in [0.3, 0.4) is 0 Å². The summed E-state index contributed by atoms with van der Waals surface area (Å²) < 4.78 is 10.5. The van der Waals surface area contributed by atoms with Crippen molar-refractivity contribution in [2.45, 2.75) is 13.5 Å². The molecule has 0 unspecified atom stereocenters. The highest BCUT2D eigenvalue weighted by molar-refractivity contribution is 5.74. The zero-order valence-electron chi connectivity index (χ0n) is 14.9. The van der Waals surface area contributed by atoms with Crippen LogP contribution in [0.2, 0.25) is 0 Å². The van der Waals surface area contributed by atoms with Gasteiger partial charge in [-0.05, 0) is 19.1 Å². The summed E-state index contributed by atoms with van der Waals surface area (Å²) in [7, 11) is 0. The average Bonchev–Trinajstić information content (AvgIpc) is 3.17. The van der Waals surface area contributed by atoms with Gasteiger partial charge in [0.25, 0.3) is 0 Å². The first-order valence-electron chi connectivity index (χ1n) is 8.83. The van der Waals surface area contributed by atoms with Crippen molar-refractivity contribution >= 4 is 6.03 Å². The lowest BCUT2D eigenvalue weighted by Crippen LogP contribution is -2.52. The number of urea groups is 1. The molecule has 0 radical (unpaired) electrons. The number of ether oxygens (including phenoxy) is 1. The van der Waals surface area contributed by atoms with Gasteiger partial charge in [0.15, 0.2) is 0 Å². The van der Waals surface area contributed by atoms with Crippen LogP contribution >= 0.6 is 0 Å². The number of carbonyl (C=O) groups excluding carboxylic acids is 1. The van der Waals surface area contributed by atoms with Crippen molar-refractivity contribution in [1.29, 1.82) is 0 Å². The number of amides is 2. The Labute approximate surface area is 152 Å². The molecule has 3 rings (SSSR count). The Morgan fingerprint density at radius 1 is 1.31 bits per heavy atom. The molecule has 3 heterocycles. The van der Waals surface area contributed by atoms with E-state index in [1.165, 1.54) is 0 Å². The van der Waals surface area contributed by atoms with Gasteiger partial charge in [0, 0.05) is 45.5 Å². The molecule has 0 aromatic carbocycles. The van der Waals surface area contributed by atoms with E-state index in [9.17, 15) is 4.79 Å². The van der Waals surface area contributed by atoms with Crippen molar-refractivity contribution in [3.63, 3.8) is 0 Å². The van der Waals surface area contributed by atoms with Crippen molar-refractivity contribution in [3.05, 3.63) is 30.3 Å². The van der Waals surface area contributed by atoms with Crippen LogP contribution in [-0.4, -0.2) is 76.9 Å². The van der Waals surface area contributed by atoms with Crippen LogP contribution in [0.4, 0.5) is 4.79 Å². The summed E-state index contributed by atoms with van der Waals surface area (Å²) in [6, 6.07) is 5.36. The monoisotopic (exact) mass is 360 g/mol. The lowest BCUT2D eigenvalue weighted by Gasteiger charge is -2.34. The lowest BCUT2D eigenvalue weighted by molar-refractivity contribution is 0.0879. The van der Waals surface area contributed by atoms with Crippen molar-refractivity contribution < 1.29 is 14.1 Å². The van der Waals surface area contributed by atoms with Crippen LogP contribution in [0.5, 0.6) is 0 Å². The molecule has 1 fully saturated rings. The Morgan fingerprint density at radius 3 is 2.88 bits per heavy atom. The van der Waals surface area contributed by atoms with Gasteiger partial charge < -0.3 is 19.5 Å². The normalized spacial score (nSPS) is 15.2. The van der Waals surface area contributed by atoms with Crippen molar-refractivity contribution in [3.8, 4) is 11.5 Å². The Kier molecular flexibility index (Phi) is 6.50. The van der Waals surface area contributed by atoms with E-state index in [4.69, 9.17) is 9.26 Å². The number of pyridine rings is 1. The predicted octanol–water partition coefficient (Wildman–Crippen LogP) is 0.995. The Morgan fingerprint density at radius 2 is 2.15 bits per heavy atom. The van der Waals surface area contributed by atoms with Gasteiger partial charge in [0.05, 0.1) is 13.2 Å². The summed E-state index contributed by atoms with van der Waals surface area (Å²) in [5.41, 5.74) is 0.636. The minimum absolute atomic E-state index is 0.118. The van der Waals surface area contributed by atoms with Gasteiger partial charge in [-0.2, -0.15) is 4.98 Å². The molecule has 1 saturated heterocycles. The van der Waals surface area contributed by atoms with Crippen molar-refractivity contribution in [2.24, 2.45) is 0 Å². The Bertz CT molecular complexity index is 685. The van der Waals surface area contributed by atoms with Gasteiger partial charge in [-0.1, -0.05) is 11.2 Å². The molecule has 0 spiro atoms. The number of hydrogen-bond acceptors (Lipinski definition) is 7. The van der Waals surface area contributed by atoms with E-state index < -0.39 is 0 Å². The first-order chi connectivity index (χ1) is 12.8. The highest BCUT2D eigenvalue weighted by atomic mass is 16.5. The molecule has 0 bridgehead atoms. The van der Waals surface area contributed by atoms with Crippen molar-refractivity contribution in [2.75, 3.05) is 45.9 Å². The third-order valence-corrected chi connectivity index (χ3v) is 4.17. The van der Waals surface area contributed by atoms with Crippen LogP contribution in [0.15, 0.2) is 28.9 Å². The molecule has 1 aliphatic heterocycles. The molecule has 2 aromatic rings.